The molecule has 0 bridgehead atoms. The number of piperazine rings is 1. The van der Waals surface area contributed by atoms with E-state index in [1.54, 1.807) is 6.26 Å². The van der Waals surface area contributed by atoms with Crippen LogP contribution in [0.3, 0.4) is 0 Å². The van der Waals surface area contributed by atoms with Crippen LogP contribution in [-0.2, 0) is 6.54 Å². The molecule has 4 nitrogen and oxygen atoms in total. The minimum absolute atomic E-state index is 0.788. The summed E-state index contributed by atoms with van der Waals surface area (Å²) in [5, 5.41) is 7.55. The molecule has 0 atom stereocenters. The molecule has 0 saturated carbocycles. The monoisotopic (exact) mass is 317 g/mol. The Balaban J connectivity index is 1.52. The summed E-state index contributed by atoms with van der Waals surface area (Å²) in [4.78, 5) is 2.44. The van der Waals surface area contributed by atoms with E-state index in [9.17, 15) is 0 Å². The minimum atomic E-state index is 0.788. The molecule has 22 heavy (non-hydrogen) atoms. The molecule has 2 aromatic rings. The first kappa shape index (κ1) is 15.1. The molecule has 0 radical (unpaired) electrons. The fourth-order valence-corrected chi connectivity index (χ4v) is 2.72. The van der Waals surface area contributed by atoms with Gasteiger partial charge >= 0.3 is 0 Å². The van der Waals surface area contributed by atoms with Crippen LogP contribution in [-0.4, -0.2) is 41.8 Å². The van der Waals surface area contributed by atoms with Crippen molar-refractivity contribution in [3.63, 3.8) is 0 Å². The van der Waals surface area contributed by atoms with Crippen molar-refractivity contribution in [2.24, 2.45) is 5.10 Å². The maximum atomic E-state index is 5.92. The van der Waals surface area contributed by atoms with Crippen molar-refractivity contribution >= 4 is 17.3 Å². The third-order valence-electron chi connectivity index (χ3n) is 3.84. The second kappa shape index (κ2) is 6.99. The van der Waals surface area contributed by atoms with Crippen LogP contribution in [0.15, 0.2) is 52.2 Å². The number of hydrogen-bond donors (Lipinski definition) is 0. The average molecular weight is 318 g/mol. The van der Waals surface area contributed by atoms with Gasteiger partial charge in [-0.3, -0.25) is 9.91 Å². The van der Waals surface area contributed by atoms with E-state index in [0.29, 0.717) is 0 Å². The van der Waals surface area contributed by atoms with E-state index in [4.69, 9.17) is 16.0 Å². The van der Waals surface area contributed by atoms with E-state index >= 15 is 0 Å². The first-order valence-corrected chi connectivity index (χ1v) is 7.89. The highest BCUT2D eigenvalue weighted by atomic mass is 35.5. The van der Waals surface area contributed by atoms with E-state index in [0.717, 1.165) is 49.2 Å². The molecule has 0 N–H and O–H groups in total. The highest BCUT2D eigenvalue weighted by molar-refractivity contribution is 6.30. The second-order valence-electron chi connectivity index (χ2n) is 5.52. The molecule has 0 unspecified atom stereocenters. The molecule has 2 heterocycles. The van der Waals surface area contributed by atoms with Gasteiger partial charge in [-0.2, -0.15) is 5.10 Å². The first-order valence-electron chi connectivity index (χ1n) is 7.51. The number of hydrazone groups is 1. The molecule has 1 aliphatic heterocycles. The van der Waals surface area contributed by atoms with Gasteiger partial charge in [-0.1, -0.05) is 23.7 Å². The number of halogens is 1. The van der Waals surface area contributed by atoms with Crippen molar-refractivity contribution in [3.8, 4) is 0 Å². The van der Waals surface area contributed by atoms with E-state index in [2.05, 4.69) is 27.1 Å². The van der Waals surface area contributed by atoms with Gasteiger partial charge in [0, 0.05) is 37.7 Å². The number of hydrogen-bond acceptors (Lipinski definition) is 4. The predicted octanol–water partition coefficient (Wildman–Crippen LogP) is 3.47. The third-order valence-corrected chi connectivity index (χ3v) is 4.09. The SMILES string of the molecule is CC(=NN1CCN(Cc2ccc(Cl)cc2)CC1)c1ccco1. The third kappa shape index (κ3) is 3.90. The van der Waals surface area contributed by atoms with Gasteiger partial charge < -0.3 is 4.42 Å². The van der Waals surface area contributed by atoms with Gasteiger partial charge in [-0.15, -0.1) is 0 Å². The molecular formula is C17H20ClN3O. The van der Waals surface area contributed by atoms with Gasteiger partial charge in [-0.05, 0) is 36.8 Å². The molecule has 1 aromatic heterocycles. The smallest absolute Gasteiger partial charge is 0.149 e. The van der Waals surface area contributed by atoms with Gasteiger partial charge in [0.1, 0.15) is 5.76 Å². The Bertz CT molecular complexity index is 614. The van der Waals surface area contributed by atoms with E-state index in [1.165, 1.54) is 5.56 Å². The Morgan fingerprint density at radius 3 is 2.50 bits per heavy atom. The fraction of sp³-hybridized carbons (Fsp3) is 0.353. The van der Waals surface area contributed by atoms with Crippen LogP contribution >= 0.6 is 11.6 Å². The van der Waals surface area contributed by atoms with Gasteiger partial charge in [0.25, 0.3) is 0 Å². The molecule has 1 aromatic carbocycles. The lowest BCUT2D eigenvalue weighted by Crippen LogP contribution is -2.43. The number of benzene rings is 1. The predicted molar refractivity (Wildman–Crippen MR) is 89.2 cm³/mol. The zero-order valence-corrected chi connectivity index (χ0v) is 13.5. The van der Waals surface area contributed by atoms with E-state index in [1.807, 2.05) is 31.2 Å². The summed E-state index contributed by atoms with van der Waals surface area (Å²) in [5.74, 6) is 0.837. The summed E-state index contributed by atoms with van der Waals surface area (Å²) in [6.45, 7) is 6.84. The first-order chi connectivity index (χ1) is 10.7. The van der Waals surface area contributed by atoms with Crippen molar-refractivity contribution in [1.29, 1.82) is 0 Å². The summed E-state index contributed by atoms with van der Waals surface area (Å²) in [7, 11) is 0. The maximum Gasteiger partial charge on any atom is 0.149 e. The maximum absolute atomic E-state index is 5.92. The molecule has 3 rings (SSSR count). The number of rotatable bonds is 4. The van der Waals surface area contributed by atoms with Crippen LogP contribution in [0.1, 0.15) is 18.2 Å². The van der Waals surface area contributed by atoms with Gasteiger partial charge in [0.05, 0.1) is 12.0 Å². The number of furan rings is 1. The summed E-state index contributed by atoms with van der Waals surface area (Å²) in [6.07, 6.45) is 1.68. The summed E-state index contributed by atoms with van der Waals surface area (Å²) >= 11 is 5.92. The Hall–Kier alpha value is -1.78. The van der Waals surface area contributed by atoms with E-state index in [-0.39, 0.29) is 0 Å². The van der Waals surface area contributed by atoms with Crippen LogP contribution in [0, 0.1) is 0 Å². The molecule has 116 valence electrons. The van der Waals surface area contributed by atoms with Crippen LogP contribution in [0.2, 0.25) is 5.02 Å². The van der Waals surface area contributed by atoms with Crippen molar-refractivity contribution in [1.82, 2.24) is 9.91 Å². The van der Waals surface area contributed by atoms with Crippen LogP contribution in [0.5, 0.6) is 0 Å². The fourth-order valence-electron chi connectivity index (χ4n) is 2.59. The van der Waals surface area contributed by atoms with Gasteiger partial charge in [0.15, 0.2) is 0 Å². The molecule has 0 amide bonds. The average Bonchev–Trinajstić information content (AvgIpc) is 3.06. The van der Waals surface area contributed by atoms with Crippen molar-refractivity contribution in [2.75, 3.05) is 26.2 Å². The Morgan fingerprint density at radius 2 is 1.86 bits per heavy atom. The lowest BCUT2D eigenvalue weighted by molar-refractivity contribution is 0.130. The topological polar surface area (TPSA) is 32.0 Å². The lowest BCUT2D eigenvalue weighted by atomic mass is 10.2. The standard InChI is InChI=1S/C17H20ClN3O/c1-14(17-3-2-12-22-17)19-21-10-8-20(9-11-21)13-15-4-6-16(18)7-5-15/h2-7,12H,8-11,13H2,1H3. The summed E-state index contributed by atoms with van der Waals surface area (Å²) < 4.78 is 5.37. The molecule has 1 saturated heterocycles. The Morgan fingerprint density at radius 1 is 1.14 bits per heavy atom. The normalized spacial score (nSPS) is 17.0. The van der Waals surface area contributed by atoms with Crippen LogP contribution in [0.4, 0.5) is 0 Å². The molecule has 1 aliphatic rings. The van der Waals surface area contributed by atoms with Crippen molar-refractivity contribution in [2.45, 2.75) is 13.5 Å². The van der Waals surface area contributed by atoms with Crippen molar-refractivity contribution in [3.05, 3.63) is 59.0 Å². The zero-order valence-electron chi connectivity index (χ0n) is 12.7. The van der Waals surface area contributed by atoms with E-state index < -0.39 is 0 Å². The van der Waals surface area contributed by atoms with Gasteiger partial charge in [-0.25, -0.2) is 0 Å². The van der Waals surface area contributed by atoms with Crippen LogP contribution < -0.4 is 0 Å². The summed E-state index contributed by atoms with van der Waals surface area (Å²) in [5.41, 5.74) is 2.23. The van der Waals surface area contributed by atoms with Crippen molar-refractivity contribution < 1.29 is 4.42 Å². The largest absolute Gasteiger partial charge is 0.463 e. The molecule has 5 heteroatoms. The quantitative estimate of drug-likeness (QED) is 0.809. The molecular weight excluding hydrogens is 298 g/mol. The molecule has 0 spiro atoms. The van der Waals surface area contributed by atoms with Crippen LogP contribution in [0.25, 0.3) is 0 Å². The zero-order chi connectivity index (χ0) is 15.4. The molecule has 0 aliphatic carbocycles. The summed E-state index contributed by atoms with van der Waals surface area (Å²) in [6, 6.07) is 11.9. The highest BCUT2D eigenvalue weighted by Crippen LogP contribution is 2.13. The Labute approximate surface area is 136 Å². The Kier molecular flexibility index (Phi) is 4.80. The number of nitrogens with zero attached hydrogens (tertiary/aromatic N) is 3. The minimum Gasteiger partial charge on any atom is -0.463 e. The second-order valence-corrected chi connectivity index (χ2v) is 5.96. The van der Waals surface area contributed by atoms with Gasteiger partial charge in [0.2, 0.25) is 0 Å². The highest BCUT2D eigenvalue weighted by Gasteiger charge is 2.16. The lowest BCUT2D eigenvalue weighted by Gasteiger charge is -2.33. The molecule has 1 fully saturated rings.